The van der Waals surface area contributed by atoms with Crippen molar-refractivity contribution in [1.82, 2.24) is 0 Å². The second kappa shape index (κ2) is 3.36. The standard InChI is InChI=1S/C6H14OS/c1-5-6(2,3)7-8-4/h5H2,1-4H3. The highest BCUT2D eigenvalue weighted by atomic mass is 32.2. The molecule has 0 spiro atoms. The highest BCUT2D eigenvalue weighted by Crippen LogP contribution is 2.18. The average Bonchev–Trinajstić information content (AvgIpc) is 1.67. The first-order chi connectivity index (χ1) is 3.62. The molecule has 0 fully saturated rings. The minimum absolute atomic E-state index is 0.0550. The van der Waals surface area contributed by atoms with Gasteiger partial charge in [-0.05, 0) is 32.3 Å². The zero-order valence-corrected chi connectivity index (χ0v) is 6.84. The zero-order valence-electron chi connectivity index (χ0n) is 6.02. The predicted octanol–water partition coefficient (Wildman–Crippen LogP) is 2.47. The third-order valence-electron chi connectivity index (χ3n) is 1.16. The molecule has 1 nitrogen and oxygen atoms in total. The first kappa shape index (κ1) is 8.31. The van der Waals surface area contributed by atoms with Gasteiger partial charge < -0.3 is 4.18 Å². The van der Waals surface area contributed by atoms with E-state index in [2.05, 4.69) is 20.8 Å². The summed E-state index contributed by atoms with van der Waals surface area (Å²) in [4.78, 5) is 0. The molecule has 8 heavy (non-hydrogen) atoms. The molecule has 0 aromatic heterocycles. The van der Waals surface area contributed by atoms with Gasteiger partial charge in [0.05, 0.1) is 5.60 Å². The highest BCUT2D eigenvalue weighted by molar-refractivity contribution is 7.93. The lowest BCUT2D eigenvalue weighted by molar-refractivity contribution is 0.137. The van der Waals surface area contributed by atoms with E-state index in [1.165, 1.54) is 12.0 Å². The summed E-state index contributed by atoms with van der Waals surface area (Å²) >= 11 is 1.43. The maximum atomic E-state index is 5.30. The van der Waals surface area contributed by atoms with E-state index in [-0.39, 0.29) is 5.60 Å². The molecule has 0 saturated heterocycles. The monoisotopic (exact) mass is 134 g/mol. The van der Waals surface area contributed by atoms with Gasteiger partial charge in [0.1, 0.15) is 0 Å². The van der Waals surface area contributed by atoms with Gasteiger partial charge >= 0.3 is 0 Å². The van der Waals surface area contributed by atoms with Crippen molar-refractivity contribution < 1.29 is 4.18 Å². The van der Waals surface area contributed by atoms with Crippen LogP contribution in [-0.2, 0) is 4.18 Å². The molecule has 0 heterocycles. The van der Waals surface area contributed by atoms with Crippen molar-refractivity contribution in [1.29, 1.82) is 0 Å². The van der Waals surface area contributed by atoms with Gasteiger partial charge in [-0.15, -0.1) is 0 Å². The molecule has 0 amide bonds. The number of rotatable bonds is 3. The van der Waals surface area contributed by atoms with Gasteiger partial charge in [-0.25, -0.2) is 0 Å². The summed E-state index contributed by atoms with van der Waals surface area (Å²) < 4.78 is 5.30. The van der Waals surface area contributed by atoms with E-state index in [0.29, 0.717) is 0 Å². The molecule has 0 aliphatic heterocycles. The quantitative estimate of drug-likeness (QED) is 0.548. The smallest absolute Gasteiger partial charge is 0.0770 e. The van der Waals surface area contributed by atoms with Crippen LogP contribution >= 0.6 is 12.0 Å². The summed E-state index contributed by atoms with van der Waals surface area (Å²) in [5.74, 6) is 0. The van der Waals surface area contributed by atoms with Crippen LogP contribution in [0.2, 0.25) is 0 Å². The second-order valence-electron chi connectivity index (χ2n) is 2.36. The topological polar surface area (TPSA) is 9.23 Å². The summed E-state index contributed by atoms with van der Waals surface area (Å²) in [6.45, 7) is 6.29. The Morgan fingerprint density at radius 2 is 2.00 bits per heavy atom. The molecular weight excluding hydrogens is 120 g/mol. The number of hydrogen-bond acceptors (Lipinski definition) is 2. The summed E-state index contributed by atoms with van der Waals surface area (Å²) in [6, 6.07) is 0. The first-order valence-electron chi connectivity index (χ1n) is 2.84. The van der Waals surface area contributed by atoms with Crippen LogP contribution in [-0.4, -0.2) is 11.9 Å². The van der Waals surface area contributed by atoms with E-state index in [0.717, 1.165) is 6.42 Å². The van der Waals surface area contributed by atoms with Gasteiger partial charge in [0.2, 0.25) is 0 Å². The molecule has 0 aromatic rings. The Kier molecular flexibility index (Phi) is 3.49. The first-order valence-corrected chi connectivity index (χ1v) is 3.99. The largest absolute Gasteiger partial charge is 0.310 e. The molecule has 0 radical (unpaired) electrons. The lowest BCUT2D eigenvalue weighted by Gasteiger charge is -2.20. The third-order valence-corrected chi connectivity index (χ3v) is 1.78. The zero-order chi connectivity index (χ0) is 6.62. The Balaban J connectivity index is 3.37. The van der Waals surface area contributed by atoms with Gasteiger partial charge in [-0.3, -0.25) is 0 Å². The fraction of sp³-hybridized carbons (Fsp3) is 1.00. The van der Waals surface area contributed by atoms with Crippen LogP contribution in [0.25, 0.3) is 0 Å². The van der Waals surface area contributed by atoms with Crippen molar-refractivity contribution in [3.63, 3.8) is 0 Å². The maximum Gasteiger partial charge on any atom is 0.0770 e. The van der Waals surface area contributed by atoms with Crippen molar-refractivity contribution in [3.8, 4) is 0 Å². The SMILES string of the molecule is CCC(C)(C)OSC. The fourth-order valence-electron chi connectivity index (χ4n) is 0.285. The van der Waals surface area contributed by atoms with E-state index in [1.807, 2.05) is 6.26 Å². The average molecular weight is 134 g/mol. The van der Waals surface area contributed by atoms with E-state index in [9.17, 15) is 0 Å². The maximum absolute atomic E-state index is 5.30. The van der Waals surface area contributed by atoms with E-state index in [4.69, 9.17) is 4.18 Å². The molecule has 50 valence electrons. The summed E-state index contributed by atoms with van der Waals surface area (Å²) in [5.41, 5.74) is 0.0550. The van der Waals surface area contributed by atoms with Crippen molar-refractivity contribution in [3.05, 3.63) is 0 Å². The van der Waals surface area contributed by atoms with Gasteiger partial charge in [-0.2, -0.15) is 0 Å². The van der Waals surface area contributed by atoms with Crippen LogP contribution < -0.4 is 0 Å². The molecule has 0 saturated carbocycles. The Hall–Kier alpha value is 0.310. The van der Waals surface area contributed by atoms with Gasteiger partial charge in [-0.1, -0.05) is 6.92 Å². The van der Waals surface area contributed by atoms with Crippen LogP contribution in [0.4, 0.5) is 0 Å². The van der Waals surface area contributed by atoms with Crippen LogP contribution in [0.1, 0.15) is 27.2 Å². The molecule has 0 bridgehead atoms. The lowest BCUT2D eigenvalue weighted by Crippen LogP contribution is -2.18. The molecule has 0 rings (SSSR count). The van der Waals surface area contributed by atoms with Crippen molar-refractivity contribution in [2.45, 2.75) is 32.8 Å². The van der Waals surface area contributed by atoms with Crippen LogP contribution in [0.3, 0.4) is 0 Å². The Morgan fingerprint density at radius 1 is 1.50 bits per heavy atom. The van der Waals surface area contributed by atoms with E-state index < -0.39 is 0 Å². The fourth-order valence-corrected chi connectivity index (χ4v) is 0.854. The van der Waals surface area contributed by atoms with Crippen LogP contribution in [0, 0.1) is 0 Å². The molecule has 0 atom stereocenters. The van der Waals surface area contributed by atoms with Crippen molar-refractivity contribution >= 4 is 12.0 Å². The summed E-state index contributed by atoms with van der Waals surface area (Å²) in [5, 5.41) is 0. The Labute approximate surface area is 56.0 Å². The predicted molar refractivity (Wildman–Crippen MR) is 39.0 cm³/mol. The van der Waals surface area contributed by atoms with Crippen molar-refractivity contribution in [2.24, 2.45) is 0 Å². The van der Waals surface area contributed by atoms with E-state index in [1.54, 1.807) is 0 Å². The van der Waals surface area contributed by atoms with Gasteiger partial charge in [0.25, 0.3) is 0 Å². The Bertz CT molecular complexity index is 61.5. The molecule has 0 aliphatic carbocycles. The molecule has 0 aromatic carbocycles. The molecular formula is C6H14OS. The molecule has 0 unspecified atom stereocenters. The van der Waals surface area contributed by atoms with Crippen molar-refractivity contribution in [2.75, 3.05) is 6.26 Å². The number of hydrogen-bond donors (Lipinski definition) is 0. The minimum atomic E-state index is 0.0550. The van der Waals surface area contributed by atoms with Gasteiger partial charge in [0.15, 0.2) is 0 Å². The summed E-state index contributed by atoms with van der Waals surface area (Å²) in [7, 11) is 0. The normalized spacial score (nSPS) is 12.0. The third kappa shape index (κ3) is 3.33. The Morgan fingerprint density at radius 3 is 2.12 bits per heavy atom. The molecule has 2 heteroatoms. The van der Waals surface area contributed by atoms with Crippen LogP contribution in [0.5, 0.6) is 0 Å². The minimum Gasteiger partial charge on any atom is -0.310 e. The highest BCUT2D eigenvalue weighted by Gasteiger charge is 2.13. The molecule has 0 aliphatic rings. The van der Waals surface area contributed by atoms with E-state index >= 15 is 0 Å². The van der Waals surface area contributed by atoms with Gasteiger partial charge in [0, 0.05) is 6.26 Å². The molecule has 0 N–H and O–H groups in total. The van der Waals surface area contributed by atoms with Crippen LogP contribution in [0.15, 0.2) is 0 Å². The lowest BCUT2D eigenvalue weighted by atomic mass is 10.1. The summed E-state index contributed by atoms with van der Waals surface area (Å²) in [6.07, 6.45) is 3.01. The second-order valence-corrected chi connectivity index (χ2v) is 2.86.